The SMILES string of the molecule is O=C(Cc1ccc2c(c1)CCO2)Nc1ccc(-c2cn3ccccc3n2)cc1. The zero-order valence-electron chi connectivity index (χ0n) is 15.3. The molecule has 0 saturated heterocycles. The fourth-order valence-corrected chi connectivity index (χ4v) is 3.54. The molecule has 138 valence electrons. The molecule has 5 rings (SSSR count). The third kappa shape index (κ3) is 3.22. The summed E-state index contributed by atoms with van der Waals surface area (Å²) < 4.78 is 7.51. The van der Waals surface area contributed by atoms with E-state index in [0.717, 1.165) is 46.9 Å². The summed E-state index contributed by atoms with van der Waals surface area (Å²) in [6, 6.07) is 19.7. The van der Waals surface area contributed by atoms with Crippen LogP contribution in [0.5, 0.6) is 5.75 Å². The van der Waals surface area contributed by atoms with Crippen molar-refractivity contribution in [1.82, 2.24) is 9.38 Å². The first kappa shape index (κ1) is 16.6. The summed E-state index contributed by atoms with van der Waals surface area (Å²) in [5, 5.41) is 2.97. The summed E-state index contributed by atoms with van der Waals surface area (Å²) in [6.07, 6.45) is 5.24. The molecule has 0 atom stereocenters. The molecule has 0 unspecified atom stereocenters. The fraction of sp³-hybridized carbons (Fsp3) is 0.130. The summed E-state index contributed by atoms with van der Waals surface area (Å²) >= 11 is 0. The van der Waals surface area contributed by atoms with Crippen LogP contribution < -0.4 is 10.1 Å². The molecule has 28 heavy (non-hydrogen) atoms. The highest BCUT2D eigenvalue weighted by Crippen LogP contribution is 2.26. The molecule has 2 aromatic carbocycles. The number of amides is 1. The van der Waals surface area contributed by atoms with Gasteiger partial charge in [0, 0.05) is 30.1 Å². The number of benzene rings is 2. The Kier molecular flexibility index (Phi) is 4.05. The molecule has 0 bridgehead atoms. The molecule has 1 N–H and O–H groups in total. The lowest BCUT2D eigenvalue weighted by Crippen LogP contribution is -2.14. The van der Waals surface area contributed by atoms with E-state index in [1.165, 1.54) is 5.56 Å². The van der Waals surface area contributed by atoms with E-state index in [1.54, 1.807) is 0 Å². The van der Waals surface area contributed by atoms with E-state index in [0.29, 0.717) is 6.42 Å². The highest BCUT2D eigenvalue weighted by atomic mass is 16.5. The quantitative estimate of drug-likeness (QED) is 0.589. The average molecular weight is 369 g/mol. The van der Waals surface area contributed by atoms with E-state index in [1.807, 2.05) is 71.4 Å². The summed E-state index contributed by atoms with van der Waals surface area (Å²) in [7, 11) is 0. The van der Waals surface area contributed by atoms with E-state index in [9.17, 15) is 4.79 Å². The predicted molar refractivity (Wildman–Crippen MR) is 109 cm³/mol. The number of rotatable bonds is 4. The van der Waals surface area contributed by atoms with Gasteiger partial charge in [-0.15, -0.1) is 0 Å². The van der Waals surface area contributed by atoms with Gasteiger partial charge in [-0.25, -0.2) is 4.98 Å². The molecule has 5 nitrogen and oxygen atoms in total. The second-order valence-electron chi connectivity index (χ2n) is 6.94. The minimum absolute atomic E-state index is 0.0284. The Morgan fingerprint density at radius 1 is 1.11 bits per heavy atom. The molecular weight excluding hydrogens is 350 g/mol. The van der Waals surface area contributed by atoms with Crippen LogP contribution >= 0.6 is 0 Å². The van der Waals surface area contributed by atoms with Gasteiger partial charge in [-0.3, -0.25) is 4.79 Å². The third-order valence-electron chi connectivity index (χ3n) is 4.95. The first-order valence-corrected chi connectivity index (χ1v) is 9.33. The lowest BCUT2D eigenvalue weighted by atomic mass is 10.1. The monoisotopic (exact) mass is 369 g/mol. The number of ether oxygens (including phenoxy) is 1. The van der Waals surface area contributed by atoms with Crippen LogP contribution in [0, 0.1) is 0 Å². The number of hydrogen-bond acceptors (Lipinski definition) is 3. The van der Waals surface area contributed by atoms with Gasteiger partial charge in [0.1, 0.15) is 11.4 Å². The van der Waals surface area contributed by atoms with Gasteiger partial charge in [0.25, 0.3) is 0 Å². The smallest absolute Gasteiger partial charge is 0.228 e. The minimum atomic E-state index is -0.0284. The van der Waals surface area contributed by atoms with Crippen molar-refractivity contribution >= 4 is 17.2 Å². The van der Waals surface area contributed by atoms with E-state index >= 15 is 0 Å². The van der Waals surface area contributed by atoms with Crippen LogP contribution in [0.2, 0.25) is 0 Å². The van der Waals surface area contributed by atoms with Crippen LogP contribution in [0.25, 0.3) is 16.9 Å². The number of pyridine rings is 1. The van der Waals surface area contributed by atoms with Crippen molar-refractivity contribution in [3.05, 3.63) is 84.2 Å². The van der Waals surface area contributed by atoms with Crippen molar-refractivity contribution in [3.63, 3.8) is 0 Å². The number of imidazole rings is 1. The second-order valence-corrected chi connectivity index (χ2v) is 6.94. The van der Waals surface area contributed by atoms with Crippen molar-refractivity contribution in [3.8, 4) is 17.0 Å². The second kappa shape index (κ2) is 6.85. The summed E-state index contributed by atoms with van der Waals surface area (Å²) in [4.78, 5) is 17.0. The van der Waals surface area contributed by atoms with Gasteiger partial charge in [-0.05, 0) is 41.5 Å². The lowest BCUT2D eigenvalue weighted by molar-refractivity contribution is -0.115. The lowest BCUT2D eigenvalue weighted by Gasteiger charge is -2.07. The van der Waals surface area contributed by atoms with Gasteiger partial charge in [0.2, 0.25) is 5.91 Å². The van der Waals surface area contributed by atoms with Crippen molar-refractivity contribution in [1.29, 1.82) is 0 Å². The molecule has 0 spiro atoms. The van der Waals surface area contributed by atoms with Crippen LogP contribution in [0.3, 0.4) is 0 Å². The molecule has 1 aliphatic heterocycles. The predicted octanol–water partition coefficient (Wildman–Crippen LogP) is 4.12. The van der Waals surface area contributed by atoms with Gasteiger partial charge < -0.3 is 14.5 Å². The number of nitrogens with zero attached hydrogens (tertiary/aromatic N) is 2. The summed E-state index contributed by atoms with van der Waals surface area (Å²) in [6.45, 7) is 0.726. The molecule has 1 amide bonds. The molecule has 0 fully saturated rings. The Balaban J connectivity index is 1.27. The molecule has 0 saturated carbocycles. The van der Waals surface area contributed by atoms with Gasteiger partial charge in [0.05, 0.1) is 18.7 Å². The Bertz CT molecular complexity index is 1130. The minimum Gasteiger partial charge on any atom is -0.493 e. The molecule has 0 radical (unpaired) electrons. The highest BCUT2D eigenvalue weighted by molar-refractivity contribution is 5.92. The van der Waals surface area contributed by atoms with Crippen LogP contribution in [0.1, 0.15) is 11.1 Å². The number of anilines is 1. The van der Waals surface area contributed by atoms with Crippen molar-refractivity contribution in [2.24, 2.45) is 0 Å². The molecular formula is C23H19N3O2. The third-order valence-corrected chi connectivity index (χ3v) is 4.95. The van der Waals surface area contributed by atoms with Crippen LogP contribution in [0.15, 0.2) is 73.1 Å². The first-order chi connectivity index (χ1) is 13.7. The standard InChI is InChI=1S/C23H19N3O2/c27-23(14-16-4-9-21-18(13-16)10-12-28-21)24-19-7-5-17(6-8-19)20-15-26-11-2-1-3-22(26)25-20/h1-9,11,13,15H,10,12,14H2,(H,24,27). The maximum absolute atomic E-state index is 12.4. The Hall–Kier alpha value is -3.60. The Labute approximate surface area is 162 Å². The summed E-state index contributed by atoms with van der Waals surface area (Å²) in [5.74, 6) is 0.908. The van der Waals surface area contributed by atoms with Gasteiger partial charge >= 0.3 is 0 Å². The average Bonchev–Trinajstić information content (AvgIpc) is 3.34. The Morgan fingerprint density at radius 3 is 2.86 bits per heavy atom. The number of aromatic nitrogens is 2. The molecule has 5 heteroatoms. The summed E-state index contributed by atoms with van der Waals surface area (Å²) in [5.41, 5.74) is 5.80. The maximum atomic E-state index is 12.4. The normalized spacial score (nSPS) is 12.6. The van der Waals surface area contributed by atoms with Crippen molar-refractivity contribution in [2.75, 3.05) is 11.9 Å². The topological polar surface area (TPSA) is 55.6 Å². The largest absolute Gasteiger partial charge is 0.493 e. The van der Waals surface area contributed by atoms with Crippen LogP contribution in [-0.2, 0) is 17.6 Å². The van der Waals surface area contributed by atoms with Crippen molar-refractivity contribution in [2.45, 2.75) is 12.8 Å². The number of hydrogen-bond donors (Lipinski definition) is 1. The van der Waals surface area contributed by atoms with E-state index < -0.39 is 0 Å². The van der Waals surface area contributed by atoms with Crippen molar-refractivity contribution < 1.29 is 9.53 Å². The van der Waals surface area contributed by atoms with E-state index in [2.05, 4.69) is 16.4 Å². The van der Waals surface area contributed by atoms with E-state index in [4.69, 9.17) is 4.74 Å². The van der Waals surface area contributed by atoms with Gasteiger partial charge in [0.15, 0.2) is 0 Å². The molecule has 2 aromatic heterocycles. The molecule has 3 heterocycles. The van der Waals surface area contributed by atoms with Crippen LogP contribution in [-0.4, -0.2) is 21.9 Å². The Morgan fingerprint density at radius 2 is 2.00 bits per heavy atom. The first-order valence-electron chi connectivity index (χ1n) is 9.33. The van der Waals surface area contributed by atoms with Gasteiger partial charge in [-0.1, -0.05) is 30.3 Å². The molecule has 4 aromatic rings. The number of fused-ring (bicyclic) bond motifs is 2. The number of nitrogens with one attached hydrogen (secondary N) is 1. The zero-order chi connectivity index (χ0) is 18.9. The van der Waals surface area contributed by atoms with Crippen LogP contribution in [0.4, 0.5) is 5.69 Å². The fourth-order valence-electron chi connectivity index (χ4n) is 3.54. The number of carbonyl (C=O) groups is 1. The molecule has 0 aliphatic carbocycles. The van der Waals surface area contributed by atoms with Gasteiger partial charge in [-0.2, -0.15) is 0 Å². The molecule has 1 aliphatic rings. The number of carbonyl (C=O) groups excluding carboxylic acids is 1. The zero-order valence-corrected chi connectivity index (χ0v) is 15.3. The maximum Gasteiger partial charge on any atom is 0.228 e. The van der Waals surface area contributed by atoms with E-state index in [-0.39, 0.29) is 5.91 Å². The highest BCUT2D eigenvalue weighted by Gasteiger charge is 2.13.